The fourth-order valence-corrected chi connectivity index (χ4v) is 3.45. The predicted molar refractivity (Wildman–Crippen MR) is 73.0 cm³/mol. The molecule has 4 N–H and O–H groups in total. The van der Waals surface area contributed by atoms with Gasteiger partial charge in [0.15, 0.2) is 8.68 Å². The molecule has 6 nitrogen and oxygen atoms in total. The van der Waals surface area contributed by atoms with Gasteiger partial charge in [0.2, 0.25) is 0 Å². The van der Waals surface area contributed by atoms with Gasteiger partial charge in [-0.2, -0.15) is 0 Å². The molecule has 2 aromatic rings. The van der Waals surface area contributed by atoms with Crippen LogP contribution in [0.4, 0.5) is 5.69 Å². The van der Waals surface area contributed by atoms with Crippen LogP contribution >= 0.6 is 34.9 Å². The number of anilines is 1. The summed E-state index contributed by atoms with van der Waals surface area (Å²) in [5.41, 5.74) is 11.6. The summed E-state index contributed by atoms with van der Waals surface area (Å²) in [4.78, 5) is 15.1. The fraction of sp³-hybridized carbons (Fsp3) is 0.111. The van der Waals surface area contributed by atoms with Crippen LogP contribution in [0, 0.1) is 0 Å². The normalized spacial score (nSPS) is 10.5. The molecule has 2 aromatic heterocycles. The van der Waals surface area contributed by atoms with Crippen LogP contribution in [-0.2, 0) is 0 Å². The molecule has 0 aliphatic carbocycles. The van der Waals surface area contributed by atoms with Gasteiger partial charge in [0.1, 0.15) is 10.7 Å². The summed E-state index contributed by atoms with van der Waals surface area (Å²) in [6, 6.07) is 3.10. The number of carbonyl (C=O) groups excluding carboxylic acids is 1. The monoisotopic (exact) mass is 299 g/mol. The number of nitrogen functional groups attached to an aromatic ring is 1. The van der Waals surface area contributed by atoms with Crippen LogP contribution in [0.1, 0.15) is 10.5 Å². The van der Waals surface area contributed by atoms with Gasteiger partial charge in [-0.1, -0.05) is 23.1 Å². The van der Waals surface area contributed by atoms with Gasteiger partial charge in [-0.15, -0.1) is 10.2 Å². The largest absolute Gasteiger partial charge is 0.397 e. The molecular weight excluding hydrogens is 290 g/mol. The quantitative estimate of drug-likeness (QED) is 0.823. The molecular formula is C9H9N5OS3. The van der Waals surface area contributed by atoms with Gasteiger partial charge in [-0.05, 0) is 30.2 Å². The average molecular weight is 299 g/mol. The van der Waals surface area contributed by atoms with Gasteiger partial charge in [-0.3, -0.25) is 4.79 Å². The van der Waals surface area contributed by atoms with E-state index in [4.69, 9.17) is 11.5 Å². The van der Waals surface area contributed by atoms with Crippen LogP contribution in [0.15, 0.2) is 25.8 Å². The van der Waals surface area contributed by atoms with E-state index in [1.54, 1.807) is 6.07 Å². The number of pyridine rings is 1. The Hall–Kier alpha value is -1.32. The van der Waals surface area contributed by atoms with Crippen LogP contribution in [0.5, 0.6) is 0 Å². The van der Waals surface area contributed by atoms with E-state index in [2.05, 4.69) is 15.2 Å². The van der Waals surface area contributed by atoms with Gasteiger partial charge in [0.05, 0.1) is 5.69 Å². The van der Waals surface area contributed by atoms with Crippen LogP contribution in [0.25, 0.3) is 0 Å². The van der Waals surface area contributed by atoms with E-state index in [0.717, 1.165) is 8.68 Å². The molecule has 0 bridgehead atoms. The highest BCUT2D eigenvalue weighted by Gasteiger charge is 2.11. The number of nitrogens with zero attached hydrogens (tertiary/aromatic N) is 3. The number of nitrogens with two attached hydrogens (primary N) is 2. The third kappa shape index (κ3) is 2.92. The Kier molecular flexibility index (Phi) is 4.04. The van der Waals surface area contributed by atoms with E-state index >= 15 is 0 Å². The highest BCUT2D eigenvalue weighted by molar-refractivity contribution is 8.03. The van der Waals surface area contributed by atoms with Crippen molar-refractivity contribution in [2.75, 3.05) is 12.0 Å². The molecule has 0 fully saturated rings. The summed E-state index contributed by atoms with van der Waals surface area (Å²) in [6.45, 7) is 0. The van der Waals surface area contributed by atoms with Crippen LogP contribution in [0.2, 0.25) is 0 Å². The van der Waals surface area contributed by atoms with E-state index in [1.165, 1.54) is 40.9 Å². The second-order valence-electron chi connectivity index (χ2n) is 3.10. The molecule has 94 valence electrons. The second-order valence-corrected chi connectivity index (χ2v) is 6.36. The SMILES string of the molecule is CSc1nnc(Sc2nc(C(N)=O)ccc2N)s1. The predicted octanol–water partition coefficient (Wildman–Crippen LogP) is 1.49. The minimum Gasteiger partial charge on any atom is -0.397 e. The summed E-state index contributed by atoms with van der Waals surface area (Å²) in [5, 5.41) is 8.47. The summed E-state index contributed by atoms with van der Waals surface area (Å²) < 4.78 is 1.59. The van der Waals surface area contributed by atoms with Gasteiger partial charge in [0, 0.05) is 0 Å². The van der Waals surface area contributed by atoms with Gasteiger partial charge in [-0.25, -0.2) is 4.98 Å². The van der Waals surface area contributed by atoms with E-state index in [9.17, 15) is 4.79 Å². The molecule has 9 heteroatoms. The van der Waals surface area contributed by atoms with Gasteiger partial charge >= 0.3 is 0 Å². The third-order valence-electron chi connectivity index (χ3n) is 1.89. The van der Waals surface area contributed by atoms with E-state index in [-0.39, 0.29) is 5.69 Å². The zero-order chi connectivity index (χ0) is 13.1. The molecule has 0 radical (unpaired) electrons. The molecule has 0 aliphatic heterocycles. The zero-order valence-electron chi connectivity index (χ0n) is 9.28. The third-order valence-corrected chi connectivity index (χ3v) is 4.86. The number of amides is 1. The lowest BCUT2D eigenvalue weighted by Crippen LogP contribution is -2.13. The first kappa shape index (κ1) is 13.1. The van der Waals surface area contributed by atoms with Gasteiger partial charge in [0.25, 0.3) is 5.91 Å². The van der Waals surface area contributed by atoms with Gasteiger partial charge < -0.3 is 11.5 Å². The first-order valence-electron chi connectivity index (χ1n) is 4.72. The number of thioether (sulfide) groups is 1. The minimum absolute atomic E-state index is 0.182. The Labute approximate surface area is 116 Å². The van der Waals surface area contributed by atoms with Crippen molar-refractivity contribution >= 4 is 46.5 Å². The van der Waals surface area contributed by atoms with Crippen molar-refractivity contribution < 1.29 is 4.79 Å². The summed E-state index contributed by atoms with van der Waals surface area (Å²) >= 11 is 4.23. The first-order valence-corrected chi connectivity index (χ1v) is 7.57. The van der Waals surface area contributed by atoms with Crippen molar-refractivity contribution in [3.63, 3.8) is 0 Å². The molecule has 1 amide bonds. The second kappa shape index (κ2) is 5.55. The van der Waals surface area contributed by atoms with Crippen molar-refractivity contribution in [3.05, 3.63) is 17.8 Å². The maximum absolute atomic E-state index is 11.0. The van der Waals surface area contributed by atoms with E-state index in [1.807, 2.05) is 6.26 Å². The Morgan fingerprint density at radius 3 is 2.67 bits per heavy atom. The number of hydrogen-bond acceptors (Lipinski definition) is 8. The zero-order valence-corrected chi connectivity index (χ0v) is 11.7. The Morgan fingerprint density at radius 1 is 1.33 bits per heavy atom. The molecule has 0 atom stereocenters. The minimum atomic E-state index is -0.584. The van der Waals surface area contributed by atoms with Crippen molar-refractivity contribution in [2.24, 2.45) is 5.73 Å². The number of rotatable bonds is 4. The maximum atomic E-state index is 11.0. The molecule has 2 heterocycles. The lowest BCUT2D eigenvalue weighted by Gasteiger charge is -2.03. The molecule has 0 spiro atoms. The molecule has 0 saturated heterocycles. The summed E-state index contributed by atoms with van der Waals surface area (Å²) in [5.74, 6) is -0.584. The standard InChI is InChI=1S/C9H9N5OS3/c1-16-8-13-14-9(18-8)17-7-4(10)2-3-5(12-7)6(11)15/h2-3H,10H2,1H3,(H2,11,15). The van der Waals surface area contributed by atoms with Crippen LogP contribution < -0.4 is 11.5 Å². The smallest absolute Gasteiger partial charge is 0.267 e. The summed E-state index contributed by atoms with van der Waals surface area (Å²) in [6.07, 6.45) is 1.93. The number of hydrogen-bond donors (Lipinski definition) is 2. The molecule has 0 saturated carbocycles. The highest BCUT2D eigenvalue weighted by Crippen LogP contribution is 2.34. The lowest BCUT2D eigenvalue weighted by molar-refractivity contribution is 0.0995. The molecule has 0 aliphatic rings. The fourth-order valence-electron chi connectivity index (χ4n) is 1.07. The maximum Gasteiger partial charge on any atom is 0.267 e. The van der Waals surface area contributed by atoms with Crippen molar-refractivity contribution in [3.8, 4) is 0 Å². The van der Waals surface area contributed by atoms with Crippen LogP contribution in [-0.4, -0.2) is 27.3 Å². The Bertz CT molecular complexity index is 585. The first-order chi connectivity index (χ1) is 8.60. The number of primary amides is 1. The Balaban J connectivity index is 2.27. The van der Waals surface area contributed by atoms with Crippen LogP contribution in [0.3, 0.4) is 0 Å². The number of carbonyl (C=O) groups is 1. The van der Waals surface area contributed by atoms with Crippen molar-refractivity contribution in [2.45, 2.75) is 13.7 Å². The van der Waals surface area contributed by atoms with Crippen molar-refractivity contribution in [1.29, 1.82) is 0 Å². The molecule has 0 aromatic carbocycles. The molecule has 18 heavy (non-hydrogen) atoms. The lowest BCUT2D eigenvalue weighted by atomic mass is 10.3. The highest BCUT2D eigenvalue weighted by atomic mass is 32.2. The van der Waals surface area contributed by atoms with E-state index < -0.39 is 5.91 Å². The summed E-state index contributed by atoms with van der Waals surface area (Å²) in [7, 11) is 0. The van der Waals surface area contributed by atoms with Crippen molar-refractivity contribution in [1.82, 2.24) is 15.2 Å². The number of aromatic nitrogens is 3. The Morgan fingerprint density at radius 2 is 2.06 bits per heavy atom. The molecule has 0 unspecified atom stereocenters. The average Bonchev–Trinajstić information content (AvgIpc) is 2.79. The molecule has 2 rings (SSSR count). The van der Waals surface area contributed by atoms with E-state index in [0.29, 0.717) is 10.7 Å². The topological polar surface area (TPSA) is 108 Å².